The summed E-state index contributed by atoms with van der Waals surface area (Å²) in [6.07, 6.45) is 0.859. The number of carbonyl (C=O) groups is 1. The van der Waals surface area contributed by atoms with Crippen LogP contribution < -0.4 is 4.74 Å². The summed E-state index contributed by atoms with van der Waals surface area (Å²) in [6.45, 7) is 4.64. The summed E-state index contributed by atoms with van der Waals surface area (Å²) >= 11 is 0. The van der Waals surface area contributed by atoms with Crippen molar-refractivity contribution in [1.82, 2.24) is 4.90 Å². The van der Waals surface area contributed by atoms with Gasteiger partial charge in [0.15, 0.2) is 0 Å². The van der Waals surface area contributed by atoms with Crippen molar-refractivity contribution in [3.8, 4) is 5.75 Å². The van der Waals surface area contributed by atoms with Crippen LogP contribution in [0.25, 0.3) is 16.3 Å². The maximum atomic E-state index is 13.1. The lowest BCUT2D eigenvalue weighted by Crippen LogP contribution is -2.34. The van der Waals surface area contributed by atoms with Crippen LogP contribution in [0.5, 0.6) is 5.75 Å². The molecule has 0 saturated carbocycles. The molecule has 0 fully saturated rings. The second kappa shape index (κ2) is 7.77. The van der Waals surface area contributed by atoms with E-state index in [0.717, 1.165) is 47.0 Å². The van der Waals surface area contributed by atoms with Crippen LogP contribution >= 0.6 is 0 Å². The average molecular weight is 357 g/mol. The zero-order chi connectivity index (χ0) is 18.6. The van der Waals surface area contributed by atoms with Gasteiger partial charge in [0.2, 0.25) is 0 Å². The first-order valence-electron chi connectivity index (χ1n) is 9.46. The summed E-state index contributed by atoms with van der Waals surface area (Å²) in [7, 11) is 0. The van der Waals surface area contributed by atoms with Gasteiger partial charge < -0.3 is 4.74 Å². The highest BCUT2D eigenvalue weighted by Crippen LogP contribution is 2.30. The first-order chi connectivity index (χ1) is 13.3. The summed E-state index contributed by atoms with van der Waals surface area (Å²) in [4.78, 5) is 15.4. The molecule has 0 saturated heterocycles. The Bertz CT molecular complexity index is 986. The first kappa shape index (κ1) is 17.5. The summed E-state index contributed by atoms with van der Waals surface area (Å²) in [6, 6.07) is 24.0. The highest BCUT2D eigenvalue weighted by Gasteiger charge is 2.25. The number of ether oxygens (including phenoxy) is 1. The molecule has 0 atom stereocenters. The molecule has 3 nitrogen and oxygen atoms in total. The fourth-order valence-electron chi connectivity index (χ4n) is 3.68. The average Bonchev–Trinajstić information content (AvgIpc) is 2.74. The van der Waals surface area contributed by atoms with Crippen molar-refractivity contribution in [2.24, 2.45) is 0 Å². The SMILES string of the molecule is CCN1CCC(c2ccccc2)=C(C(=O)Oc2cccc3ccccc23)C1. The van der Waals surface area contributed by atoms with Crippen molar-refractivity contribution in [2.75, 3.05) is 19.6 Å². The molecule has 0 bridgehead atoms. The van der Waals surface area contributed by atoms with Crippen molar-refractivity contribution in [1.29, 1.82) is 0 Å². The summed E-state index contributed by atoms with van der Waals surface area (Å²) in [5.74, 6) is 0.370. The fraction of sp³-hybridized carbons (Fsp3) is 0.208. The zero-order valence-corrected chi connectivity index (χ0v) is 15.5. The number of fused-ring (bicyclic) bond motifs is 1. The van der Waals surface area contributed by atoms with Gasteiger partial charge in [0.05, 0.1) is 5.57 Å². The van der Waals surface area contributed by atoms with Gasteiger partial charge in [-0.05, 0) is 35.6 Å². The van der Waals surface area contributed by atoms with E-state index < -0.39 is 0 Å². The van der Waals surface area contributed by atoms with Crippen LogP contribution in [-0.2, 0) is 4.79 Å². The minimum Gasteiger partial charge on any atom is -0.422 e. The minimum atomic E-state index is -0.247. The minimum absolute atomic E-state index is 0.247. The lowest BCUT2D eigenvalue weighted by molar-refractivity contribution is -0.130. The quantitative estimate of drug-likeness (QED) is 0.490. The number of benzene rings is 3. The first-order valence-corrected chi connectivity index (χ1v) is 9.46. The van der Waals surface area contributed by atoms with Gasteiger partial charge >= 0.3 is 5.97 Å². The fourth-order valence-corrected chi connectivity index (χ4v) is 3.68. The lowest BCUT2D eigenvalue weighted by Gasteiger charge is -2.29. The van der Waals surface area contributed by atoms with E-state index in [1.165, 1.54) is 0 Å². The summed E-state index contributed by atoms with van der Waals surface area (Å²) < 4.78 is 5.89. The van der Waals surface area contributed by atoms with Crippen molar-refractivity contribution in [3.05, 3.63) is 83.9 Å². The largest absolute Gasteiger partial charge is 0.422 e. The number of likely N-dealkylation sites (N-methyl/N-ethyl adjacent to an activating group) is 1. The Balaban J connectivity index is 1.71. The number of esters is 1. The molecule has 3 aromatic rings. The molecule has 1 aliphatic heterocycles. The molecular weight excluding hydrogens is 334 g/mol. The Labute approximate surface area is 159 Å². The Hall–Kier alpha value is -2.91. The number of hydrogen-bond donors (Lipinski definition) is 0. The monoisotopic (exact) mass is 357 g/mol. The van der Waals surface area contributed by atoms with Gasteiger partial charge in [-0.15, -0.1) is 0 Å². The van der Waals surface area contributed by atoms with Gasteiger partial charge in [0, 0.05) is 18.5 Å². The smallest absolute Gasteiger partial charge is 0.341 e. The third-order valence-corrected chi connectivity index (χ3v) is 5.19. The number of rotatable bonds is 4. The number of nitrogens with zero attached hydrogens (tertiary/aromatic N) is 1. The molecule has 3 aromatic carbocycles. The molecule has 3 heteroatoms. The molecule has 136 valence electrons. The van der Waals surface area contributed by atoms with Crippen LogP contribution in [0, 0.1) is 0 Å². The molecule has 0 unspecified atom stereocenters. The van der Waals surface area contributed by atoms with Crippen LogP contribution in [-0.4, -0.2) is 30.5 Å². The van der Waals surface area contributed by atoms with E-state index in [4.69, 9.17) is 4.74 Å². The van der Waals surface area contributed by atoms with Gasteiger partial charge in [0.1, 0.15) is 5.75 Å². The Morgan fingerprint density at radius 2 is 1.70 bits per heavy atom. The third kappa shape index (κ3) is 3.64. The zero-order valence-electron chi connectivity index (χ0n) is 15.5. The topological polar surface area (TPSA) is 29.5 Å². The molecule has 27 heavy (non-hydrogen) atoms. The van der Waals surface area contributed by atoms with Crippen LogP contribution in [0.1, 0.15) is 18.9 Å². The van der Waals surface area contributed by atoms with Crippen molar-refractivity contribution < 1.29 is 9.53 Å². The normalized spacial score (nSPS) is 15.1. The number of carbonyl (C=O) groups excluding carboxylic acids is 1. The summed E-state index contributed by atoms with van der Waals surface area (Å²) in [5.41, 5.74) is 2.98. The van der Waals surface area contributed by atoms with Crippen molar-refractivity contribution in [2.45, 2.75) is 13.3 Å². The molecular formula is C24H23NO2. The van der Waals surface area contributed by atoms with Gasteiger partial charge in [0.25, 0.3) is 0 Å². The van der Waals surface area contributed by atoms with Crippen LogP contribution in [0.15, 0.2) is 78.4 Å². The molecule has 0 aromatic heterocycles. The number of hydrogen-bond acceptors (Lipinski definition) is 3. The lowest BCUT2D eigenvalue weighted by atomic mass is 9.93. The van der Waals surface area contributed by atoms with Crippen molar-refractivity contribution >= 4 is 22.3 Å². The maximum absolute atomic E-state index is 13.1. The maximum Gasteiger partial charge on any atom is 0.341 e. The predicted octanol–water partition coefficient (Wildman–Crippen LogP) is 4.92. The Morgan fingerprint density at radius 1 is 0.963 bits per heavy atom. The highest BCUT2D eigenvalue weighted by atomic mass is 16.5. The van der Waals surface area contributed by atoms with Gasteiger partial charge in [-0.2, -0.15) is 0 Å². The second-order valence-electron chi connectivity index (χ2n) is 6.81. The predicted molar refractivity (Wildman–Crippen MR) is 110 cm³/mol. The van der Waals surface area contributed by atoms with E-state index in [-0.39, 0.29) is 5.97 Å². The van der Waals surface area contributed by atoms with E-state index in [1.54, 1.807) is 0 Å². The Kier molecular flexibility index (Phi) is 5.03. The van der Waals surface area contributed by atoms with Gasteiger partial charge in [-0.1, -0.05) is 73.7 Å². The molecule has 4 rings (SSSR count). The van der Waals surface area contributed by atoms with Crippen LogP contribution in [0.3, 0.4) is 0 Å². The van der Waals surface area contributed by atoms with E-state index in [2.05, 4.69) is 24.0 Å². The molecule has 0 spiro atoms. The summed E-state index contributed by atoms with van der Waals surface area (Å²) in [5, 5.41) is 2.03. The van der Waals surface area contributed by atoms with Crippen molar-refractivity contribution in [3.63, 3.8) is 0 Å². The van der Waals surface area contributed by atoms with E-state index in [1.807, 2.05) is 60.7 Å². The molecule has 1 heterocycles. The van der Waals surface area contributed by atoms with Gasteiger partial charge in [-0.25, -0.2) is 4.79 Å². The highest BCUT2D eigenvalue weighted by molar-refractivity contribution is 6.01. The molecule has 0 aliphatic carbocycles. The molecule has 0 amide bonds. The van der Waals surface area contributed by atoms with E-state index in [0.29, 0.717) is 12.3 Å². The van der Waals surface area contributed by atoms with E-state index in [9.17, 15) is 4.79 Å². The second-order valence-corrected chi connectivity index (χ2v) is 6.81. The standard InChI is InChI=1S/C24H23NO2/c1-2-25-16-15-20(18-9-4-3-5-10-18)22(17-25)24(26)27-23-14-8-12-19-11-6-7-13-21(19)23/h3-14H,2,15-17H2,1H3. The van der Waals surface area contributed by atoms with E-state index >= 15 is 0 Å². The van der Waals surface area contributed by atoms with Gasteiger partial charge in [-0.3, -0.25) is 4.90 Å². The van der Waals surface area contributed by atoms with Crippen LogP contribution in [0.4, 0.5) is 0 Å². The Morgan fingerprint density at radius 3 is 2.52 bits per heavy atom. The molecule has 1 aliphatic rings. The van der Waals surface area contributed by atoms with Crippen LogP contribution in [0.2, 0.25) is 0 Å². The third-order valence-electron chi connectivity index (χ3n) is 5.19. The molecule has 0 N–H and O–H groups in total. The molecule has 0 radical (unpaired) electrons.